The fraction of sp³-hybridized carbons (Fsp3) is 0.316. The summed E-state index contributed by atoms with van der Waals surface area (Å²) >= 11 is 0. The zero-order valence-corrected chi connectivity index (χ0v) is 12.9. The Labute approximate surface area is 134 Å². The van der Waals surface area contributed by atoms with E-state index >= 15 is 0 Å². The highest BCUT2D eigenvalue weighted by Gasteiger charge is 2.23. The van der Waals surface area contributed by atoms with Crippen molar-refractivity contribution in [1.82, 2.24) is 0 Å². The van der Waals surface area contributed by atoms with Gasteiger partial charge in [0.2, 0.25) is 0 Å². The van der Waals surface area contributed by atoms with Crippen LogP contribution < -0.4 is 10.5 Å². The molecule has 4 heteroatoms. The molecule has 2 aliphatic heterocycles. The standard InChI is InChI=1S/C19H19NO3/c21-16-11-17(23-18(22)12-16)6-5-13-9-14-3-1-7-20-8-2-4-15(10-13)19(14)20/h5-6,9-12,21H,1-4,7-8H2/b6-5+. The number of rotatable bonds is 2. The molecule has 0 radical (unpaired) electrons. The van der Waals surface area contributed by atoms with E-state index < -0.39 is 5.63 Å². The van der Waals surface area contributed by atoms with E-state index in [9.17, 15) is 9.90 Å². The van der Waals surface area contributed by atoms with Crippen LogP contribution in [0.25, 0.3) is 12.2 Å². The minimum Gasteiger partial charge on any atom is -0.508 e. The lowest BCUT2D eigenvalue weighted by Crippen LogP contribution is -2.34. The van der Waals surface area contributed by atoms with Gasteiger partial charge in [0.25, 0.3) is 0 Å². The summed E-state index contributed by atoms with van der Waals surface area (Å²) in [5.74, 6) is 0.292. The van der Waals surface area contributed by atoms with E-state index in [0.717, 1.165) is 24.5 Å². The lowest BCUT2D eigenvalue weighted by molar-refractivity contribution is 0.444. The summed E-state index contributed by atoms with van der Waals surface area (Å²) in [6.45, 7) is 2.34. The van der Waals surface area contributed by atoms with Crippen LogP contribution in [0.3, 0.4) is 0 Å². The first-order chi connectivity index (χ1) is 11.2. The van der Waals surface area contributed by atoms with Crippen molar-refractivity contribution in [2.24, 2.45) is 0 Å². The summed E-state index contributed by atoms with van der Waals surface area (Å²) in [4.78, 5) is 13.8. The molecule has 4 nitrogen and oxygen atoms in total. The SMILES string of the molecule is O=c1cc(O)cc(/C=C/c2cc3c4c(c2)CCCN4CCC3)o1. The molecule has 2 aromatic rings. The van der Waals surface area contributed by atoms with Gasteiger partial charge in [-0.2, -0.15) is 0 Å². The molecule has 0 aliphatic carbocycles. The Morgan fingerprint density at radius 1 is 1.00 bits per heavy atom. The zero-order chi connectivity index (χ0) is 15.8. The maximum Gasteiger partial charge on any atom is 0.339 e. The third kappa shape index (κ3) is 2.77. The lowest BCUT2D eigenvalue weighted by atomic mass is 9.90. The van der Waals surface area contributed by atoms with Crippen LogP contribution in [0.2, 0.25) is 0 Å². The Hall–Kier alpha value is -2.49. The van der Waals surface area contributed by atoms with Gasteiger partial charge in [0.1, 0.15) is 11.5 Å². The van der Waals surface area contributed by atoms with Gasteiger partial charge in [-0.1, -0.05) is 6.08 Å². The summed E-state index contributed by atoms with van der Waals surface area (Å²) in [7, 11) is 0. The number of nitrogens with zero attached hydrogens (tertiary/aromatic N) is 1. The summed E-state index contributed by atoms with van der Waals surface area (Å²) < 4.78 is 5.07. The van der Waals surface area contributed by atoms with Crippen molar-refractivity contribution in [3.63, 3.8) is 0 Å². The number of anilines is 1. The Morgan fingerprint density at radius 3 is 2.35 bits per heavy atom. The molecule has 118 valence electrons. The molecule has 0 spiro atoms. The molecule has 1 aromatic carbocycles. The van der Waals surface area contributed by atoms with Crippen molar-refractivity contribution in [2.75, 3.05) is 18.0 Å². The van der Waals surface area contributed by atoms with E-state index in [4.69, 9.17) is 4.42 Å². The first-order valence-electron chi connectivity index (χ1n) is 8.12. The smallest absolute Gasteiger partial charge is 0.339 e. The van der Waals surface area contributed by atoms with Gasteiger partial charge < -0.3 is 14.4 Å². The monoisotopic (exact) mass is 309 g/mol. The molecule has 1 aromatic heterocycles. The van der Waals surface area contributed by atoms with Crippen LogP contribution in [0.1, 0.15) is 35.3 Å². The van der Waals surface area contributed by atoms with Crippen LogP contribution in [0.5, 0.6) is 5.75 Å². The topological polar surface area (TPSA) is 53.7 Å². The van der Waals surface area contributed by atoms with Gasteiger partial charge in [-0.3, -0.25) is 0 Å². The van der Waals surface area contributed by atoms with Gasteiger partial charge in [0.05, 0.1) is 6.07 Å². The molecule has 2 aliphatic rings. The van der Waals surface area contributed by atoms with Crippen LogP contribution in [0, 0.1) is 0 Å². The maximum atomic E-state index is 11.3. The highest BCUT2D eigenvalue weighted by atomic mass is 16.4. The maximum absolute atomic E-state index is 11.3. The molecular weight excluding hydrogens is 290 g/mol. The van der Waals surface area contributed by atoms with E-state index in [-0.39, 0.29) is 5.75 Å². The molecule has 1 N–H and O–H groups in total. The van der Waals surface area contributed by atoms with Gasteiger partial charge in [0.15, 0.2) is 0 Å². The van der Waals surface area contributed by atoms with Gasteiger partial charge in [-0.25, -0.2) is 4.79 Å². The minimum atomic E-state index is -0.541. The predicted octanol–water partition coefficient (Wildman–Crippen LogP) is 3.21. The minimum absolute atomic E-state index is 0.0722. The predicted molar refractivity (Wildman–Crippen MR) is 90.9 cm³/mol. The molecule has 0 saturated carbocycles. The lowest BCUT2D eigenvalue weighted by Gasteiger charge is -2.37. The molecule has 4 rings (SSSR count). The first kappa shape index (κ1) is 14.1. The Balaban J connectivity index is 1.70. The van der Waals surface area contributed by atoms with Crippen molar-refractivity contribution in [2.45, 2.75) is 25.7 Å². The fourth-order valence-electron chi connectivity index (χ4n) is 3.67. The van der Waals surface area contributed by atoms with E-state index in [1.54, 1.807) is 6.08 Å². The third-order valence-electron chi connectivity index (χ3n) is 4.57. The Bertz CT molecular complexity index is 804. The van der Waals surface area contributed by atoms with Crippen LogP contribution in [0.15, 0.2) is 33.5 Å². The molecule has 0 atom stereocenters. The van der Waals surface area contributed by atoms with Gasteiger partial charge >= 0.3 is 5.63 Å². The van der Waals surface area contributed by atoms with E-state index in [0.29, 0.717) is 5.76 Å². The summed E-state index contributed by atoms with van der Waals surface area (Å²) in [6, 6.07) is 6.97. The molecule has 0 bridgehead atoms. The van der Waals surface area contributed by atoms with Gasteiger partial charge in [-0.15, -0.1) is 0 Å². The molecule has 0 fully saturated rings. The third-order valence-corrected chi connectivity index (χ3v) is 4.57. The molecule has 23 heavy (non-hydrogen) atoms. The zero-order valence-electron chi connectivity index (χ0n) is 12.9. The second kappa shape index (κ2) is 5.61. The second-order valence-corrected chi connectivity index (χ2v) is 6.25. The summed E-state index contributed by atoms with van der Waals surface area (Å²) in [5, 5.41) is 9.47. The Kier molecular flexibility index (Phi) is 3.45. The number of hydrogen-bond donors (Lipinski definition) is 1. The number of aromatic hydroxyl groups is 1. The number of benzene rings is 1. The number of hydrogen-bond acceptors (Lipinski definition) is 4. The quantitative estimate of drug-likeness (QED) is 0.925. The highest BCUT2D eigenvalue weighted by molar-refractivity contribution is 5.73. The van der Waals surface area contributed by atoms with Crippen LogP contribution in [0.4, 0.5) is 5.69 Å². The van der Waals surface area contributed by atoms with Crippen molar-refractivity contribution < 1.29 is 9.52 Å². The van der Waals surface area contributed by atoms with Crippen molar-refractivity contribution in [3.8, 4) is 5.75 Å². The average Bonchev–Trinajstić information content (AvgIpc) is 2.53. The molecule has 0 saturated heterocycles. The van der Waals surface area contributed by atoms with Gasteiger partial charge in [0, 0.05) is 24.8 Å². The fourth-order valence-corrected chi connectivity index (χ4v) is 3.67. The molecular formula is C19H19NO3. The van der Waals surface area contributed by atoms with Crippen molar-refractivity contribution in [3.05, 3.63) is 57.1 Å². The largest absolute Gasteiger partial charge is 0.508 e. The van der Waals surface area contributed by atoms with E-state index in [2.05, 4.69) is 17.0 Å². The van der Waals surface area contributed by atoms with Crippen LogP contribution in [-0.2, 0) is 12.8 Å². The Morgan fingerprint density at radius 2 is 1.70 bits per heavy atom. The molecule has 0 amide bonds. The van der Waals surface area contributed by atoms with Crippen LogP contribution in [-0.4, -0.2) is 18.2 Å². The number of aryl methyl sites for hydroxylation is 2. The van der Waals surface area contributed by atoms with E-state index in [1.807, 2.05) is 6.08 Å². The highest BCUT2D eigenvalue weighted by Crippen LogP contribution is 2.36. The summed E-state index contributed by atoms with van der Waals surface area (Å²) in [6.07, 6.45) is 8.35. The van der Waals surface area contributed by atoms with Crippen molar-refractivity contribution in [1.29, 1.82) is 0 Å². The second-order valence-electron chi connectivity index (χ2n) is 6.25. The molecule has 0 unspecified atom stereocenters. The van der Waals surface area contributed by atoms with Crippen LogP contribution >= 0.6 is 0 Å². The normalized spacial score (nSPS) is 16.6. The van der Waals surface area contributed by atoms with Gasteiger partial charge in [-0.05, 0) is 60.6 Å². The molecule has 3 heterocycles. The first-order valence-corrected chi connectivity index (χ1v) is 8.12. The van der Waals surface area contributed by atoms with Crippen molar-refractivity contribution >= 4 is 17.8 Å². The average molecular weight is 309 g/mol. The summed E-state index contributed by atoms with van der Waals surface area (Å²) in [5.41, 5.74) is 4.87. The van der Waals surface area contributed by atoms with E-state index in [1.165, 1.54) is 48.8 Å².